The van der Waals surface area contributed by atoms with Crippen LogP contribution in [0.3, 0.4) is 0 Å². The molecule has 116 valence electrons. The molecule has 0 bridgehead atoms. The lowest BCUT2D eigenvalue weighted by Crippen LogP contribution is -2.29. The fourth-order valence-electron chi connectivity index (χ4n) is 1.40. The predicted molar refractivity (Wildman–Crippen MR) is 80.9 cm³/mol. The number of carbonyl (C=O) groups is 1. The molecule has 0 saturated carbocycles. The Morgan fingerprint density at radius 2 is 2.14 bits per heavy atom. The lowest BCUT2D eigenvalue weighted by molar-refractivity contribution is 0.0529. The standard InChI is InChI=1S/C15H22N2O4/c1-5-8-20-12-7-6-11(13(18)9-12)10-16-17-14(19)21-15(2,3)4/h6-7,9-10,18H,5,8H2,1-4H3,(H,17,19)/b16-10+. The van der Waals surface area contributed by atoms with Crippen LogP contribution in [-0.4, -0.2) is 29.6 Å². The summed E-state index contributed by atoms with van der Waals surface area (Å²) in [6, 6.07) is 4.88. The first-order valence-electron chi connectivity index (χ1n) is 6.79. The Morgan fingerprint density at radius 3 is 2.71 bits per heavy atom. The molecule has 0 aliphatic carbocycles. The number of hydrogen-bond acceptors (Lipinski definition) is 5. The topological polar surface area (TPSA) is 80.2 Å². The number of nitrogens with zero attached hydrogens (tertiary/aromatic N) is 1. The first-order chi connectivity index (χ1) is 9.81. The van der Waals surface area contributed by atoms with Gasteiger partial charge in [0.2, 0.25) is 0 Å². The van der Waals surface area contributed by atoms with Gasteiger partial charge in [0.25, 0.3) is 0 Å². The zero-order chi connectivity index (χ0) is 15.9. The molecule has 21 heavy (non-hydrogen) atoms. The number of nitrogens with one attached hydrogen (secondary N) is 1. The van der Waals surface area contributed by atoms with Gasteiger partial charge in [-0.15, -0.1) is 0 Å². The maximum absolute atomic E-state index is 11.4. The molecule has 1 rings (SSSR count). The summed E-state index contributed by atoms with van der Waals surface area (Å²) in [7, 11) is 0. The maximum Gasteiger partial charge on any atom is 0.428 e. The van der Waals surface area contributed by atoms with Crippen molar-refractivity contribution in [3.8, 4) is 11.5 Å². The first-order valence-corrected chi connectivity index (χ1v) is 6.79. The van der Waals surface area contributed by atoms with Gasteiger partial charge in [-0.25, -0.2) is 10.2 Å². The van der Waals surface area contributed by atoms with E-state index in [0.717, 1.165) is 6.42 Å². The number of hydrazone groups is 1. The molecule has 0 atom stereocenters. The Kier molecular flexibility index (Phi) is 6.02. The van der Waals surface area contributed by atoms with Crippen molar-refractivity contribution in [1.29, 1.82) is 0 Å². The summed E-state index contributed by atoms with van der Waals surface area (Å²) in [6.07, 6.45) is 1.58. The van der Waals surface area contributed by atoms with Crippen molar-refractivity contribution < 1.29 is 19.4 Å². The average Bonchev–Trinajstić information content (AvgIpc) is 2.36. The van der Waals surface area contributed by atoms with E-state index in [4.69, 9.17) is 9.47 Å². The van der Waals surface area contributed by atoms with Crippen LogP contribution in [0.1, 0.15) is 39.7 Å². The third-order valence-electron chi connectivity index (χ3n) is 2.23. The highest BCUT2D eigenvalue weighted by atomic mass is 16.6. The average molecular weight is 294 g/mol. The molecular weight excluding hydrogens is 272 g/mol. The zero-order valence-corrected chi connectivity index (χ0v) is 12.8. The van der Waals surface area contributed by atoms with Gasteiger partial charge >= 0.3 is 6.09 Å². The minimum absolute atomic E-state index is 0.0262. The number of ether oxygens (including phenoxy) is 2. The van der Waals surface area contributed by atoms with E-state index in [0.29, 0.717) is 17.9 Å². The molecule has 0 saturated heterocycles. The largest absolute Gasteiger partial charge is 0.507 e. The molecule has 6 nitrogen and oxygen atoms in total. The summed E-state index contributed by atoms with van der Waals surface area (Å²) in [5.74, 6) is 0.616. The SMILES string of the molecule is CCCOc1ccc(/C=N/NC(=O)OC(C)(C)C)c(O)c1. The van der Waals surface area contributed by atoms with Crippen LogP contribution < -0.4 is 10.2 Å². The second kappa shape index (κ2) is 7.52. The number of hydrogen-bond donors (Lipinski definition) is 2. The van der Waals surface area contributed by atoms with Gasteiger partial charge in [-0.3, -0.25) is 0 Å². The number of aromatic hydroxyl groups is 1. The van der Waals surface area contributed by atoms with Crippen LogP contribution in [0.4, 0.5) is 4.79 Å². The molecule has 1 amide bonds. The highest BCUT2D eigenvalue weighted by molar-refractivity contribution is 5.84. The number of phenols is 1. The second-order valence-electron chi connectivity index (χ2n) is 5.44. The smallest absolute Gasteiger partial charge is 0.428 e. The molecule has 0 aliphatic heterocycles. The van der Waals surface area contributed by atoms with Crippen LogP contribution in [0.25, 0.3) is 0 Å². The van der Waals surface area contributed by atoms with E-state index in [1.807, 2.05) is 6.92 Å². The highest BCUT2D eigenvalue weighted by Crippen LogP contribution is 2.22. The molecule has 6 heteroatoms. The Morgan fingerprint density at radius 1 is 1.43 bits per heavy atom. The van der Waals surface area contributed by atoms with E-state index >= 15 is 0 Å². The minimum Gasteiger partial charge on any atom is -0.507 e. The summed E-state index contributed by atoms with van der Waals surface area (Å²) < 4.78 is 10.4. The molecular formula is C15H22N2O4. The fraction of sp³-hybridized carbons (Fsp3) is 0.467. The molecule has 0 spiro atoms. The van der Waals surface area contributed by atoms with Crippen molar-refractivity contribution in [3.05, 3.63) is 23.8 Å². The molecule has 1 aromatic carbocycles. The lowest BCUT2D eigenvalue weighted by Gasteiger charge is -2.18. The third kappa shape index (κ3) is 6.65. The van der Waals surface area contributed by atoms with Gasteiger partial charge in [0.1, 0.15) is 17.1 Å². The van der Waals surface area contributed by atoms with Gasteiger partial charge < -0.3 is 14.6 Å². The number of rotatable bonds is 5. The molecule has 0 radical (unpaired) electrons. The fourth-order valence-corrected chi connectivity index (χ4v) is 1.40. The van der Waals surface area contributed by atoms with Gasteiger partial charge in [-0.05, 0) is 39.3 Å². The van der Waals surface area contributed by atoms with E-state index in [2.05, 4.69) is 10.5 Å². The lowest BCUT2D eigenvalue weighted by atomic mass is 10.2. The number of carbonyl (C=O) groups excluding carboxylic acids is 1. The predicted octanol–water partition coefficient (Wildman–Crippen LogP) is 3.04. The Bertz CT molecular complexity index is 507. The normalized spacial score (nSPS) is 11.4. The van der Waals surface area contributed by atoms with Gasteiger partial charge in [0, 0.05) is 11.6 Å². The summed E-state index contributed by atoms with van der Waals surface area (Å²) in [6.45, 7) is 7.88. The van der Waals surface area contributed by atoms with Crippen LogP contribution in [-0.2, 0) is 4.74 Å². The van der Waals surface area contributed by atoms with Gasteiger partial charge in [-0.1, -0.05) is 6.92 Å². The van der Waals surface area contributed by atoms with Crippen molar-refractivity contribution in [2.75, 3.05) is 6.61 Å². The minimum atomic E-state index is -0.652. The molecule has 1 aromatic rings. The Labute approximate surface area is 124 Å². The highest BCUT2D eigenvalue weighted by Gasteiger charge is 2.15. The van der Waals surface area contributed by atoms with Crippen molar-refractivity contribution in [2.24, 2.45) is 5.10 Å². The summed E-state index contributed by atoms with van der Waals surface area (Å²) in [5, 5.41) is 13.6. The first kappa shape index (κ1) is 16.8. The molecule has 0 unspecified atom stereocenters. The van der Waals surface area contributed by atoms with Crippen molar-refractivity contribution >= 4 is 12.3 Å². The molecule has 0 fully saturated rings. The van der Waals surface area contributed by atoms with Crippen molar-refractivity contribution in [2.45, 2.75) is 39.7 Å². The molecule has 2 N–H and O–H groups in total. The van der Waals surface area contributed by atoms with Crippen LogP contribution in [0, 0.1) is 0 Å². The molecule has 0 aliphatic rings. The van der Waals surface area contributed by atoms with Crippen LogP contribution >= 0.6 is 0 Å². The van der Waals surface area contributed by atoms with E-state index in [9.17, 15) is 9.90 Å². The Hall–Kier alpha value is -2.24. The van der Waals surface area contributed by atoms with Crippen molar-refractivity contribution in [1.82, 2.24) is 5.43 Å². The second-order valence-corrected chi connectivity index (χ2v) is 5.44. The third-order valence-corrected chi connectivity index (χ3v) is 2.23. The van der Waals surface area contributed by atoms with Crippen LogP contribution in [0.2, 0.25) is 0 Å². The van der Waals surface area contributed by atoms with Gasteiger partial charge in [0.15, 0.2) is 0 Å². The van der Waals surface area contributed by atoms with E-state index < -0.39 is 11.7 Å². The summed E-state index contributed by atoms with van der Waals surface area (Å²) in [5.41, 5.74) is 2.11. The Balaban J connectivity index is 2.58. The quantitative estimate of drug-likeness (QED) is 0.646. The molecule has 0 aromatic heterocycles. The van der Waals surface area contributed by atoms with Crippen LogP contribution in [0.15, 0.2) is 23.3 Å². The zero-order valence-electron chi connectivity index (χ0n) is 12.8. The number of phenolic OH excluding ortho intramolecular Hbond substituents is 1. The summed E-state index contributed by atoms with van der Waals surface area (Å²) >= 11 is 0. The van der Waals surface area contributed by atoms with Crippen molar-refractivity contribution in [3.63, 3.8) is 0 Å². The van der Waals surface area contributed by atoms with E-state index in [1.165, 1.54) is 12.3 Å². The summed E-state index contributed by atoms with van der Waals surface area (Å²) in [4.78, 5) is 11.4. The number of amides is 1. The maximum atomic E-state index is 11.4. The van der Waals surface area contributed by atoms with E-state index in [-0.39, 0.29) is 5.75 Å². The molecule has 0 heterocycles. The van der Waals surface area contributed by atoms with E-state index in [1.54, 1.807) is 32.9 Å². The van der Waals surface area contributed by atoms with Gasteiger partial charge in [0.05, 0.1) is 12.8 Å². The van der Waals surface area contributed by atoms with Crippen LogP contribution in [0.5, 0.6) is 11.5 Å². The monoisotopic (exact) mass is 294 g/mol. The van der Waals surface area contributed by atoms with Gasteiger partial charge in [-0.2, -0.15) is 5.10 Å². The number of benzene rings is 1.